The molecule has 0 bridgehead atoms. The second-order valence-electron chi connectivity index (χ2n) is 10.7. The minimum Gasteiger partial charge on any atom is -0.330 e. The van der Waals surface area contributed by atoms with E-state index in [0.29, 0.717) is 17.4 Å². The summed E-state index contributed by atoms with van der Waals surface area (Å²) < 4.78 is 18.8. The molecule has 3 aromatic heterocycles. The van der Waals surface area contributed by atoms with Gasteiger partial charge in [0, 0.05) is 69.0 Å². The maximum absolute atomic E-state index is 15.0. The lowest BCUT2D eigenvalue weighted by Crippen LogP contribution is -2.49. The van der Waals surface area contributed by atoms with Crippen LogP contribution >= 0.6 is 0 Å². The quantitative estimate of drug-likeness (QED) is 0.512. The predicted molar refractivity (Wildman–Crippen MR) is 147 cm³/mol. The van der Waals surface area contributed by atoms with E-state index < -0.39 is 5.82 Å². The van der Waals surface area contributed by atoms with E-state index >= 15 is 0 Å². The van der Waals surface area contributed by atoms with E-state index in [4.69, 9.17) is 0 Å². The summed E-state index contributed by atoms with van der Waals surface area (Å²) in [4.78, 5) is 18.4. The second-order valence-corrected chi connectivity index (χ2v) is 10.7. The fraction of sp³-hybridized carbons (Fsp3) is 0.500. The van der Waals surface area contributed by atoms with Crippen LogP contribution in [0.15, 0.2) is 36.8 Å². The Balaban J connectivity index is 1.34. The standard InChI is InChI=1S/C28H38FN9/c1-19(2)38-20(3)13-23(17-35(5)34-21(38)4)27-25(29)15-31-28(33-27)32-26-9-8-22(14-30-26)16-36-11-12-37-10-6-7-24(37)18-36/h8-9,13-15,17,19,24H,6-7,10-12,16,18H2,1-5H3,(H,30,31,32,33). The summed E-state index contributed by atoms with van der Waals surface area (Å²) in [6.45, 7) is 13.7. The highest BCUT2D eigenvalue weighted by Crippen LogP contribution is 2.24. The van der Waals surface area contributed by atoms with Crippen LogP contribution in [-0.2, 0) is 13.6 Å². The molecule has 1 N–H and O–H groups in total. The van der Waals surface area contributed by atoms with Crippen LogP contribution in [0.25, 0.3) is 11.3 Å². The van der Waals surface area contributed by atoms with Crippen molar-refractivity contribution in [1.29, 1.82) is 0 Å². The Morgan fingerprint density at radius 3 is 2.71 bits per heavy atom. The SMILES string of the molecule is Cc1cc(-c2nc(Nc3ccc(CN4CCN5CCCC5C4)cn3)ncc2F)cn(C)nc(C)n1C(C)C. The molecule has 38 heavy (non-hydrogen) atoms. The number of aryl methyl sites for hydroxylation is 3. The van der Waals surface area contributed by atoms with Crippen LogP contribution in [0, 0.1) is 19.7 Å². The molecule has 1 atom stereocenters. The summed E-state index contributed by atoms with van der Waals surface area (Å²) in [7, 11) is 1.83. The van der Waals surface area contributed by atoms with Gasteiger partial charge in [-0.3, -0.25) is 14.5 Å². The molecule has 5 rings (SSSR count). The van der Waals surface area contributed by atoms with E-state index in [1.54, 1.807) is 10.9 Å². The maximum atomic E-state index is 15.0. The van der Waals surface area contributed by atoms with Crippen molar-refractivity contribution in [2.24, 2.45) is 7.05 Å². The normalized spacial score (nSPS) is 18.0. The molecule has 3 aromatic rings. The van der Waals surface area contributed by atoms with Crippen LogP contribution in [0.1, 0.15) is 49.8 Å². The van der Waals surface area contributed by atoms with E-state index in [1.807, 2.05) is 39.2 Å². The molecule has 0 radical (unpaired) electrons. The lowest BCUT2D eigenvalue weighted by Gasteiger charge is -2.37. The molecule has 0 aliphatic carbocycles. The number of hydrogen-bond donors (Lipinski definition) is 1. The van der Waals surface area contributed by atoms with Crippen LogP contribution in [0.5, 0.6) is 0 Å². The third kappa shape index (κ3) is 5.86. The lowest BCUT2D eigenvalue weighted by atomic mass is 10.1. The van der Waals surface area contributed by atoms with E-state index in [1.165, 1.54) is 31.1 Å². The van der Waals surface area contributed by atoms with Gasteiger partial charge in [-0.1, -0.05) is 6.07 Å². The average Bonchev–Trinajstić information content (AvgIpc) is 3.33. The molecule has 2 fully saturated rings. The minimum absolute atomic E-state index is 0.204. The molecule has 2 saturated heterocycles. The van der Waals surface area contributed by atoms with Gasteiger partial charge >= 0.3 is 0 Å². The number of fused-ring (bicyclic) bond motifs is 1. The molecular formula is C28H38FN9. The highest BCUT2D eigenvalue weighted by Gasteiger charge is 2.30. The van der Waals surface area contributed by atoms with Gasteiger partial charge in [-0.2, -0.15) is 5.10 Å². The molecule has 202 valence electrons. The molecule has 0 saturated carbocycles. The maximum Gasteiger partial charge on any atom is 0.229 e. The van der Waals surface area contributed by atoms with Crippen molar-refractivity contribution < 1.29 is 4.39 Å². The van der Waals surface area contributed by atoms with Gasteiger partial charge in [-0.25, -0.2) is 19.3 Å². The van der Waals surface area contributed by atoms with Crippen molar-refractivity contribution in [3.8, 4) is 11.3 Å². The summed E-state index contributed by atoms with van der Waals surface area (Å²) in [6, 6.07) is 6.86. The largest absolute Gasteiger partial charge is 0.330 e. The Kier molecular flexibility index (Phi) is 7.71. The molecule has 2 aliphatic rings. The zero-order chi connectivity index (χ0) is 26.8. The first kappa shape index (κ1) is 26.2. The number of nitrogens with zero attached hydrogens (tertiary/aromatic N) is 8. The van der Waals surface area contributed by atoms with Gasteiger partial charge in [0.2, 0.25) is 5.95 Å². The van der Waals surface area contributed by atoms with Gasteiger partial charge in [-0.05, 0) is 64.8 Å². The number of pyridine rings is 1. The first-order valence-corrected chi connectivity index (χ1v) is 13.5. The number of aromatic nitrogens is 6. The van der Waals surface area contributed by atoms with Gasteiger partial charge in [0.25, 0.3) is 0 Å². The molecule has 10 heteroatoms. The van der Waals surface area contributed by atoms with Crippen molar-refractivity contribution in [3.05, 3.63) is 59.7 Å². The van der Waals surface area contributed by atoms with Crippen molar-refractivity contribution in [2.45, 2.75) is 59.2 Å². The fourth-order valence-electron chi connectivity index (χ4n) is 5.80. The topological polar surface area (TPSA) is 79.9 Å². The van der Waals surface area contributed by atoms with E-state index in [-0.39, 0.29) is 17.7 Å². The molecule has 0 amide bonds. The molecular weight excluding hydrogens is 481 g/mol. The summed E-state index contributed by atoms with van der Waals surface area (Å²) in [5.41, 5.74) is 2.95. The van der Waals surface area contributed by atoms with Crippen LogP contribution in [0.2, 0.25) is 0 Å². The van der Waals surface area contributed by atoms with Gasteiger partial charge in [0.05, 0.1) is 6.20 Å². The fourth-order valence-corrected chi connectivity index (χ4v) is 5.80. The molecule has 5 heterocycles. The molecule has 0 aromatic carbocycles. The third-order valence-electron chi connectivity index (χ3n) is 7.40. The summed E-state index contributed by atoms with van der Waals surface area (Å²) in [5.74, 6) is 1.28. The molecule has 1 unspecified atom stereocenters. The minimum atomic E-state index is -0.498. The van der Waals surface area contributed by atoms with Gasteiger partial charge in [0.15, 0.2) is 5.82 Å². The zero-order valence-corrected chi connectivity index (χ0v) is 23.0. The van der Waals surface area contributed by atoms with Crippen molar-refractivity contribution in [2.75, 3.05) is 31.5 Å². The van der Waals surface area contributed by atoms with Gasteiger partial charge < -0.3 is 9.88 Å². The number of hydrogen-bond acceptors (Lipinski definition) is 7. The predicted octanol–water partition coefficient (Wildman–Crippen LogP) is 4.56. The Morgan fingerprint density at radius 2 is 1.95 bits per heavy atom. The summed E-state index contributed by atoms with van der Waals surface area (Å²) in [6.07, 6.45) is 7.49. The summed E-state index contributed by atoms with van der Waals surface area (Å²) in [5, 5.41) is 7.75. The molecule has 9 nitrogen and oxygen atoms in total. The zero-order valence-electron chi connectivity index (χ0n) is 23.0. The first-order valence-electron chi connectivity index (χ1n) is 13.5. The molecule has 2 aliphatic heterocycles. The van der Waals surface area contributed by atoms with Crippen molar-refractivity contribution >= 4 is 11.8 Å². The lowest BCUT2D eigenvalue weighted by molar-refractivity contribution is 0.0993. The van der Waals surface area contributed by atoms with Crippen LogP contribution < -0.4 is 5.32 Å². The summed E-state index contributed by atoms with van der Waals surface area (Å²) >= 11 is 0. The highest BCUT2D eigenvalue weighted by molar-refractivity contribution is 5.61. The van der Waals surface area contributed by atoms with Crippen molar-refractivity contribution in [3.63, 3.8) is 0 Å². The Bertz CT molecular complexity index is 1330. The number of piperazine rings is 1. The smallest absolute Gasteiger partial charge is 0.229 e. The van der Waals surface area contributed by atoms with Gasteiger partial charge in [-0.15, -0.1) is 0 Å². The van der Waals surface area contributed by atoms with Crippen LogP contribution in [0.4, 0.5) is 16.2 Å². The monoisotopic (exact) mass is 519 g/mol. The Morgan fingerprint density at radius 1 is 1.11 bits per heavy atom. The van der Waals surface area contributed by atoms with E-state index in [0.717, 1.165) is 37.7 Å². The van der Waals surface area contributed by atoms with E-state index in [2.05, 4.69) is 59.6 Å². The van der Waals surface area contributed by atoms with Crippen LogP contribution in [-0.4, -0.2) is 71.3 Å². The average molecular weight is 520 g/mol. The molecule has 0 spiro atoms. The Labute approximate surface area is 224 Å². The number of rotatable bonds is 6. The van der Waals surface area contributed by atoms with E-state index in [9.17, 15) is 4.39 Å². The third-order valence-corrected chi connectivity index (χ3v) is 7.40. The highest BCUT2D eigenvalue weighted by atomic mass is 19.1. The number of nitrogens with one attached hydrogen (secondary N) is 1. The van der Waals surface area contributed by atoms with Crippen molar-refractivity contribution in [1.82, 2.24) is 39.1 Å². The number of anilines is 2. The van der Waals surface area contributed by atoms with Gasteiger partial charge in [0.1, 0.15) is 17.3 Å². The Hall–Kier alpha value is -3.37. The van der Waals surface area contributed by atoms with Crippen LogP contribution in [0.3, 0.4) is 0 Å². The number of halogens is 1. The first-order chi connectivity index (χ1) is 18.3. The second kappa shape index (κ2) is 11.2.